The second-order valence-corrected chi connectivity index (χ2v) is 18.1. The third-order valence-electron chi connectivity index (χ3n) is 12.9. The highest BCUT2D eigenvalue weighted by molar-refractivity contribution is 5.88. The first-order valence-corrected chi connectivity index (χ1v) is 23.2. The van der Waals surface area contributed by atoms with Gasteiger partial charge in [-0.2, -0.15) is 0 Å². The highest BCUT2D eigenvalue weighted by Crippen LogP contribution is 2.40. The van der Waals surface area contributed by atoms with E-state index in [1.165, 1.54) is 61.5 Å². The zero-order valence-electron chi connectivity index (χ0n) is 39.2. The number of aliphatic hydroxyl groups excluding tert-OH is 12. The third-order valence-corrected chi connectivity index (χ3v) is 12.9. The molecule has 0 bridgehead atoms. The van der Waals surface area contributed by atoms with E-state index in [-0.39, 0.29) is 22.8 Å². The van der Waals surface area contributed by atoms with E-state index in [1.807, 2.05) is 0 Å². The number of benzene rings is 3. The minimum absolute atomic E-state index is 0.0125. The van der Waals surface area contributed by atoms with Gasteiger partial charge < -0.3 is 124 Å². The number of phenolic OH excluding ortho intramolecular Hbond substituents is 3. The van der Waals surface area contributed by atoms with Crippen molar-refractivity contribution < 1.29 is 128 Å². The Kier molecular flexibility index (Phi) is 17.3. The summed E-state index contributed by atoms with van der Waals surface area (Å²) in [7, 11) is 0. The Morgan fingerprint density at radius 1 is 0.587 bits per heavy atom. The summed E-state index contributed by atoms with van der Waals surface area (Å²) in [6, 6.07) is 12.7. The van der Waals surface area contributed by atoms with Crippen LogP contribution in [-0.2, 0) is 38.0 Å². The summed E-state index contributed by atoms with van der Waals surface area (Å²) in [5, 5.41) is 159. The van der Waals surface area contributed by atoms with Crippen LogP contribution in [0.25, 0.3) is 28.4 Å². The predicted molar refractivity (Wildman–Crippen MR) is 245 cm³/mol. The van der Waals surface area contributed by atoms with Crippen LogP contribution in [0.4, 0.5) is 0 Å². The van der Waals surface area contributed by atoms with Crippen molar-refractivity contribution in [3.8, 4) is 40.1 Å². The first-order chi connectivity index (χ1) is 35.7. The van der Waals surface area contributed by atoms with Gasteiger partial charge in [-0.1, -0.05) is 12.1 Å². The average molecular weight is 1060 g/mol. The molecule has 20 unspecified atom stereocenters. The van der Waals surface area contributed by atoms with Crippen molar-refractivity contribution in [2.24, 2.45) is 0 Å². The molecule has 4 saturated heterocycles. The van der Waals surface area contributed by atoms with E-state index in [0.717, 1.165) is 18.2 Å². The third kappa shape index (κ3) is 11.7. The van der Waals surface area contributed by atoms with Crippen LogP contribution in [0.15, 0.2) is 76.0 Å². The molecule has 75 heavy (non-hydrogen) atoms. The van der Waals surface area contributed by atoms with Gasteiger partial charge in [0.15, 0.2) is 24.4 Å². The van der Waals surface area contributed by atoms with Gasteiger partial charge in [0.1, 0.15) is 126 Å². The first-order valence-electron chi connectivity index (χ1n) is 23.2. The quantitative estimate of drug-likeness (QED) is 0.0397. The van der Waals surface area contributed by atoms with Gasteiger partial charge in [-0.3, -0.25) is 4.79 Å². The van der Waals surface area contributed by atoms with Crippen molar-refractivity contribution in [2.75, 3.05) is 19.8 Å². The standard InChI is InChI=1S/C48H56O27/c1-17-30(55)42(73-47-40(65)37(62)33(58)27(72-47)16-66-28(54)11-4-18-2-7-20(51)8-3-18)44(75-46-39(64)36(61)32(57)26(15-50)71-46)48(67-17)74-43-34(59)29-23(53)12-22(68-45-38(63)35(60)31(56)25(14-49)70-45)13-24(29)69-41(43)19-5-9-21(52)10-6-19/h2-13,17,25-27,30-33,35-40,42,44-53,55-58,60-65H,14-16H2,1H3. The van der Waals surface area contributed by atoms with Crippen LogP contribution in [0.2, 0.25) is 0 Å². The fourth-order valence-corrected chi connectivity index (χ4v) is 8.65. The topological polar surface area (TPSA) is 434 Å². The number of aliphatic hydroxyl groups is 12. The zero-order chi connectivity index (χ0) is 54.2. The molecule has 4 fully saturated rings. The molecule has 27 nitrogen and oxygen atoms in total. The molecule has 8 rings (SSSR count). The number of rotatable bonds is 15. The van der Waals surface area contributed by atoms with E-state index in [0.29, 0.717) is 5.56 Å². The monoisotopic (exact) mass is 1060 g/mol. The minimum atomic E-state index is -2.13. The maximum Gasteiger partial charge on any atom is 0.330 e. The highest BCUT2D eigenvalue weighted by Gasteiger charge is 2.55. The molecule has 3 aromatic carbocycles. The Labute approximate surface area is 422 Å². The van der Waals surface area contributed by atoms with Crippen molar-refractivity contribution in [3.63, 3.8) is 0 Å². The van der Waals surface area contributed by atoms with Gasteiger partial charge in [0, 0.05) is 23.8 Å². The van der Waals surface area contributed by atoms with Gasteiger partial charge in [0.2, 0.25) is 23.8 Å². The minimum Gasteiger partial charge on any atom is -0.508 e. The van der Waals surface area contributed by atoms with Crippen LogP contribution in [-0.4, -0.2) is 225 Å². The lowest BCUT2D eigenvalue weighted by molar-refractivity contribution is -0.382. The molecule has 0 spiro atoms. The number of esters is 1. The van der Waals surface area contributed by atoms with Crippen molar-refractivity contribution in [1.82, 2.24) is 0 Å². The van der Waals surface area contributed by atoms with Gasteiger partial charge >= 0.3 is 5.97 Å². The number of carbonyl (C=O) groups excluding carboxylic acids is 1. The molecule has 1 aromatic heterocycles. The van der Waals surface area contributed by atoms with Crippen LogP contribution in [0.1, 0.15) is 12.5 Å². The van der Waals surface area contributed by atoms with Gasteiger partial charge in [-0.25, -0.2) is 4.79 Å². The Morgan fingerprint density at radius 3 is 1.69 bits per heavy atom. The fraction of sp³-hybridized carbons (Fsp3) is 0.500. The van der Waals surface area contributed by atoms with Crippen LogP contribution in [0.5, 0.6) is 28.7 Å². The molecule has 5 heterocycles. The van der Waals surface area contributed by atoms with Gasteiger partial charge in [0.25, 0.3) is 0 Å². The summed E-state index contributed by atoms with van der Waals surface area (Å²) in [6.45, 7) is -1.19. The van der Waals surface area contributed by atoms with Gasteiger partial charge in [-0.05, 0) is 55.0 Å². The fourth-order valence-electron chi connectivity index (χ4n) is 8.65. The lowest BCUT2D eigenvalue weighted by atomic mass is 9.96. The number of hydrogen-bond acceptors (Lipinski definition) is 27. The molecule has 15 N–H and O–H groups in total. The van der Waals surface area contributed by atoms with Crippen molar-refractivity contribution in [2.45, 2.75) is 130 Å². The molecule has 0 radical (unpaired) electrons. The molecule has 0 amide bonds. The first kappa shape index (κ1) is 55.6. The van der Waals surface area contributed by atoms with Gasteiger partial charge in [-0.15, -0.1) is 0 Å². The van der Waals surface area contributed by atoms with Crippen molar-refractivity contribution in [3.05, 3.63) is 82.5 Å². The normalized spacial score (nSPS) is 36.3. The number of hydrogen-bond donors (Lipinski definition) is 15. The predicted octanol–water partition coefficient (Wildman–Crippen LogP) is -4.13. The Bertz CT molecular complexity index is 2660. The summed E-state index contributed by atoms with van der Waals surface area (Å²) in [5.74, 6) is -3.62. The van der Waals surface area contributed by atoms with E-state index >= 15 is 0 Å². The highest BCUT2D eigenvalue weighted by atomic mass is 16.8. The van der Waals surface area contributed by atoms with E-state index in [1.54, 1.807) is 0 Å². The number of ether oxygens (including phenoxy) is 9. The number of carbonyl (C=O) groups is 1. The summed E-state index contributed by atoms with van der Waals surface area (Å²) >= 11 is 0. The second-order valence-electron chi connectivity index (χ2n) is 18.1. The number of fused-ring (bicyclic) bond motifs is 1. The van der Waals surface area contributed by atoms with Crippen LogP contribution in [0.3, 0.4) is 0 Å². The molecular formula is C48H56O27. The molecule has 4 aliphatic heterocycles. The summed E-state index contributed by atoms with van der Waals surface area (Å²) in [5.41, 5.74) is -1.05. The maximum absolute atomic E-state index is 14.8. The molecule has 4 aliphatic rings. The Morgan fingerprint density at radius 2 is 1.11 bits per heavy atom. The average Bonchev–Trinajstić information content (AvgIpc) is 3.39. The molecule has 0 aliphatic carbocycles. The molecule has 0 saturated carbocycles. The lowest BCUT2D eigenvalue weighted by Crippen LogP contribution is -2.67. The summed E-state index contributed by atoms with van der Waals surface area (Å²) < 4.78 is 58.4. The lowest BCUT2D eigenvalue weighted by Gasteiger charge is -2.48. The largest absolute Gasteiger partial charge is 0.508 e. The van der Waals surface area contributed by atoms with E-state index in [4.69, 9.17) is 47.0 Å². The van der Waals surface area contributed by atoms with Crippen LogP contribution < -0.4 is 14.9 Å². The van der Waals surface area contributed by atoms with E-state index < -0.39 is 182 Å². The van der Waals surface area contributed by atoms with E-state index in [9.17, 15) is 86.2 Å². The van der Waals surface area contributed by atoms with Crippen molar-refractivity contribution in [1.29, 1.82) is 0 Å². The number of aromatic hydroxyl groups is 3. The summed E-state index contributed by atoms with van der Waals surface area (Å²) in [6.07, 6.45) is -35.1. The SMILES string of the molecule is CC1OC(Oc2c(-c3ccc(O)cc3)oc3cc(OC4OC(CO)C(O)C(O)C4O)cc(O)c3c2=O)C(OC2OC(CO)C(O)C(O)C2O)C(OC2OC(COC(=O)C=Cc3ccc(O)cc3)C(O)C(O)C2O)C1O. The zero-order valence-corrected chi connectivity index (χ0v) is 39.2. The molecule has 4 aromatic rings. The maximum atomic E-state index is 14.8. The smallest absolute Gasteiger partial charge is 0.330 e. The molecule has 20 atom stereocenters. The Hall–Kier alpha value is -5.64. The number of phenols is 3. The summed E-state index contributed by atoms with van der Waals surface area (Å²) in [4.78, 5) is 27.4. The Balaban J connectivity index is 1.14. The van der Waals surface area contributed by atoms with Crippen LogP contribution in [0, 0.1) is 0 Å². The van der Waals surface area contributed by atoms with Gasteiger partial charge in [0.05, 0.1) is 19.3 Å². The van der Waals surface area contributed by atoms with Crippen LogP contribution >= 0.6 is 0 Å². The molecule has 410 valence electrons. The molecular weight excluding hydrogens is 1010 g/mol. The molecule has 27 heteroatoms. The second kappa shape index (κ2) is 23.3. The van der Waals surface area contributed by atoms with E-state index in [2.05, 4.69) is 0 Å². The van der Waals surface area contributed by atoms with Crippen molar-refractivity contribution >= 4 is 23.0 Å².